The number of carbonyl (C=O) groups excluding carboxylic acids is 1. The van der Waals surface area contributed by atoms with Crippen molar-refractivity contribution in [2.45, 2.75) is 32.7 Å². The first-order valence-corrected chi connectivity index (χ1v) is 7.89. The molecular formula is C19H21F2NO2. The third-order valence-electron chi connectivity index (χ3n) is 3.63. The van der Waals surface area contributed by atoms with E-state index in [4.69, 9.17) is 4.74 Å². The van der Waals surface area contributed by atoms with Gasteiger partial charge in [0.2, 0.25) is 5.91 Å². The monoisotopic (exact) mass is 333 g/mol. The summed E-state index contributed by atoms with van der Waals surface area (Å²) >= 11 is 0. The summed E-state index contributed by atoms with van der Waals surface area (Å²) in [6, 6.07) is 10.9. The Bertz CT molecular complexity index is 704. The summed E-state index contributed by atoms with van der Waals surface area (Å²) in [5.41, 5.74) is 1.64. The summed E-state index contributed by atoms with van der Waals surface area (Å²) in [5.74, 6) is -1.18. The van der Waals surface area contributed by atoms with Crippen molar-refractivity contribution in [2.24, 2.45) is 0 Å². The molecule has 1 atom stereocenters. The van der Waals surface area contributed by atoms with E-state index in [9.17, 15) is 13.6 Å². The molecule has 0 aliphatic carbocycles. The van der Waals surface area contributed by atoms with Crippen LogP contribution >= 0.6 is 0 Å². The van der Waals surface area contributed by atoms with Gasteiger partial charge in [-0.1, -0.05) is 18.2 Å². The van der Waals surface area contributed by atoms with Crippen LogP contribution in [0.25, 0.3) is 0 Å². The second kappa shape index (κ2) is 8.43. The maximum atomic E-state index is 13.2. The Morgan fingerprint density at radius 1 is 1.17 bits per heavy atom. The molecule has 1 N–H and O–H groups in total. The quantitative estimate of drug-likeness (QED) is 0.767. The lowest BCUT2D eigenvalue weighted by molar-refractivity contribution is -0.121. The minimum Gasteiger partial charge on any atom is -0.494 e. The number of benzene rings is 2. The number of halogens is 2. The topological polar surface area (TPSA) is 38.3 Å². The molecule has 5 heteroatoms. The molecule has 0 bridgehead atoms. The second-order valence-corrected chi connectivity index (χ2v) is 5.73. The lowest BCUT2D eigenvalue weighted by Gasteiger charge is -2.14. The fourth-order valence-electron chi connectivity index (χ4n) is 2.31. The minimum absolute atomic E-state index is 0.153. The number of nitrogens with one attached hydrogen (secondary N) is 1. The van der Waals surface area contributed by atoms with E-state index >= 15 is 0 Å². The van der Waals surface area contributed by atoms with Gasteiger partial charge in [0.05, 0.1) is 12.6 Å². The Kier molecular flexibility index (Phi) is 6.29. The molecule has 0 aromatic heterocycles. The van der Waals surface area contributed by atoms with Crippen LogP contribution in [0.5, 0.6) is 5.75 Å². The Morgan fingerprint density at radius 3 is 2.67 bits per heavy atom. The first-order valence-electron chi connectivity index (χ1n) is 7.89. The Hall–Kier alpha value is -2.43. The van der Waals surface area contributed by atoms with E-state index < -0.39 is 11.6 Å². The summed E-state index contributed by atoms with van der Waals surface area (Å²) in [5, 5.41) is 2.77. The maximum Gasteiger partial charge on any atom is 0.220 e. The third kappa shape index (κ3) is 5.33. The molecule has 3 nitrogen and oxygen atoms in total. The molecule has 128 valence electrons. The van der Waals surface area contributed by atoms with Crippen molar-refractivity contribution in [3.8, 4) is 5.75 Å². The normalized spacial score (nSPS) is 11.8. The number of amides is 1. The Morgan fingerprint density at radius 2 is 1.96 bits per heavy atom. The van der Waals surface area contributed by atoms with Crippen LogP contribution in [0.2, 0.25) is 0 Å². The van der Waals surface area contributed by atoms with Crippen molar-refractivity contribution in [3.63, 3.8) is 0 Å². The fourth-order valence-corrected chi connectivity index (χ4v) is 2.31. The Balaban J connectivity index is 1.73. The molecule has 0 unspecified atom stereocenters. The van der Waals surface area contributed by atoms with Gasteiger partial charge in [-0.25, -0.2) is 8.78 Å². The molecule has 0 saturated carbocycles. The standard InChI is InChI=1S/C19H21F2NO2/c1-13-5-3-6-16(11-13)24-10-4-7-19(23)22-14(2)15-8-9-17(20)18(21)12-15/h3,5-6,8-9,11-12,14H,4,7,10H2,1-2H3,(H,22,23)/t14-/m0/s1. The van der Waals surface area contributed by atoms with Gasteiger partial charge >= 0.3 is 0 Å². The maximum absolute atomic E-state index is 13.2. The van der Waals surface area contributed by atoms with E-state index in [1.165, 1.54) is 6.07 Å². The molecule has 1 amide bonds. The van der Waals surface area contributed by atoms with Crippen molar-refractivity contribution in [1.82, 2.24) is 5.32 Å². The molecule has 2 aromatic carbocycles. The highest BCUT2D eigenvalue weighted by molar-refractivity contribution is 5.76. The highest BCUT2D eigenvalue weighted by atomic mass is 19.2. The molecule has 0 fully saturated rings. The zero-order valence-corrected chi connectivity index (χ0v) is 13.8. The van der Waals surface area contributed by atoms with E-state index in [0.29, 0.717) is 25.0 Å². The molecule has 24 heavy (non-hydrogen) atoms. The van der Waals surface area contributed by atoms with Gasteiger partial charge in [0, 0.05) is 6.42 Å². The number of hydrogen-bond donors (Lipinski definition) is 1. The van der Waals surface area contributed by atoms with Gasteiger partial charge in [0.25, 0.3) is 0 Å². The zero-order chi connectivity index (χ0) is 17.5. The summed E-state index contributed by atoms with van der Waals surface area (Å²) in [6.07, 6.45) is 0.879. The predicted octanol–water partition coefficient (Wildman–Crippen LogP) is 4.31. The first kappa shape index (κ1) is 17.9. The van der Waals surface area contributed by atoms with Crippen molar-refractivity contribution in [2.75, 3.05) is 6.61 Å². The lowest BCUT2D eigenvalue weighted by Crippen LogP contribution is -2.26. The van der Waals surface area contributed by atoms with Gasteiger partial charge in [-0.3, -0.25) is 4.79 Å². The number of aryl methyl sites for hydroxylation is 1. The average molecular weight is 333 g/mol. The Labute approximate surface area is 140 Å². The summed E-state index contributed by atoms with van der Waals surface area (Å²) in [6.45, 7) is 4.16. The molecule has 0 aliphatic heterocycles. The smallest absolute Gasteiger partial charge is 0.220 e. The number of hydrogen-bond acceptors (Lipinski definition) is 2. The second-order valence-electron chi connectivity index (χ2n) is 5.73. The van der Waals surface area contributed by atoms with Gasteiger partial charge in [0.15, 0.2) is 11.6 Å². The largest absolute Gasteiger partial charge is 0.494 e. The van der Waals surface area contributed by atoms with Gasteiger partial charge in [-0.2, -0.15) is 0 Å². The molecule has 0 spiro atoms. The molecule has 0 aliphatic rings. The van der Waals surface area contributed by atoms with E-state index in [-0.39, 0.29) is 11.9 Å². The van der Waals surface area contributed by atoms with E-state index in [0.717, 1.165) is 23.4 Å². The van der Waals surface area contributed by atoms with Crippen molar-refractivity contribution in [1.29, 1.82) is 0 Å². The zero-order valence-electron chi connectivity index (χ0n) is 13.8. The fraction of sp³-hybridized carbons (Fsp3) is 0.316. The van der Waals surface area contributed by atoms with Crippen LogP contribution in [0.4, 0.5) is 8.78 Å². The summed E-state index contributed by atoms with van der Waals surface area (Å²) in [7, 11) is 0. The van der Waals surface area contributed by atoms with Crippen LogP contribution in [-0.2, 0) is 4.79 Å². The molecule has 2 aromatic rings. The minimum atomic E-state index is -0.917. The van der Waals surface area contributed by atoms with Gasteiger partial charge in [-0.15, -0.1) is 0 Å². The molecule has 0 saturated heterocycles. The van der Waals surface area contributed by atoms with Crippen LogP contribution < -0.4 is 10.1 Å². The molecule has 0 heterocycles. The van der Waals surface area contributed by atoms with Crippen molar-refractivity contribution < 1.29 is 18.3 Å². The van der Waals surface area contributed by atoms with Gasteiger partial charge in [-0.05, 0) is 55.7 Å². The van der Waals surface area contributed by atoms with Crippen LogP contribution in [0.15, 0.2) is 42.5 Å². The first-order chi connectivity index (χ1) is 11.5. The summed E-state index contributed by atoms with van der Waals surface area (Å²) < 4.78 is 31.7. The van der Waals surface area contributed by atoms with E-state index in [2.05, 4.69) is 5.32 Å². The molecular weight excluding hydrogens is 312 g/mol. The average Bonchev–Trinajstić information content (AvgIpc) is 2.54. The van der Waals surface area contributed by atoms with Crippen molar-refractivity contribution >= 4 is 5.91 Å². The van der Waals surface area contributed by atoms with Crippen molar-refractivity contribution in [3.05, 3.63) is 65.2 Å². The third-order valence-corrected chi connectivity index (χ3v) is 3.63. The molecule has 0 radical (unpaired) electrons. The SMILES string of the molecule is Cc1cccc(OCCCC(=O)N[C@@H](C)c2ccc(F)c(F)c2)c1. The number of ether oxygens (including phenoxy) is 1. The van der Waals surface area contributed by atoms with Crippen LogP contribution in [0.3, 0.4) is 0 Å². The number of carbonyl (C=O) groups is 1. The highest BCUT2D eigenvalue weighted by Gasteiger charge is 2.12. The van der Waals surface area contributed by atoms with E-state index in [1.54, 1.807) is 6.92 Å². The number of rotatable bonds is 7. The summed E-state index contributed by atoms with van der Waals surface area (Å²) in [4.78, 5) is 11.9. The molecule has 2 rings (SSSR count). The van der Waals surface area contributed by atoms with Gasteiger partial charge in [0.1, 0.15) is 5.75 Å². The van der Waals surface area contributed by atoms with Crippen LogP contribution in [0.1, 0.15) is 36.9 Å². The van der Waals surface area contributed by atoms with Crippen LogP contribution in [-0.4, -0.2) is 12.5 Å². The predicted molar refractivity (Wildman–Crippen MR) is 88.8 cm³/mol. The lowest BCUT2D eigenvalue weighted by atomic mass is 10.1. The van der Waals surface area contributed by atoms with Gasteiger partial charge < -0.3 is 10.1 Å². The van der Waals surface area contributed by atoms with E-state index in [1.807, 2.05) is 31.2 Å². The van der Waals surface area contributed by atoms with Crippen LogP contribution in [0, 0.1) is 18.6 Å². The highest BCUT2D eigenvalue weighted by Crippen LogP contribution is 2.16.